The van der Waals surface area contributed by atoms with E-state index >= 15 is 0 Å². The van der Waals surface area contributed by atoms with E-state index in [-0.39, 0.29) is 5.92 Å². The maximum Gasteiger partial charge on any atom is 0.306 e. The van der Waals surface area contributed by atoms with E-state index in [0.29, 0.717) is 23.2 Å². The molecule has 3 aliphatic carbocycles. The van der Waals surface area contributed by atoms with Crippen LogP contribution in [-0.2, 0) is 4.79 Å². The quantitative estimate of drug-likeness (QED) is 0.676. The van der Waals surface area contributed by atoms with Gasteiger partial charge in [-0.15, -0.1) is 0 Å². The highest BCUT2D eigenvalue weighted by Crippen LogP contribution is 2.62. The molecule has 0 aromatic rings. The second kappa shape index (κ2) is 2.49. The summed E-state index contributed by atoms with van der Waals surface area (Å²) in [6.07, 6.45) is 2.16. The van der Waals surface area contributed by atoms with E-state index < -0.39 is 5.97 Å². The van der Waals surface area contributed by atoms with Crippen molar-refractivity contribution in [3.05, 3.63) is 0 Å². The minimum Gasteiger partial charge on any atom is -0.481 e. The van der Waals surface area contributed by atoms with Gasteiger partial charge >= 0.3 is 5.97 Å². The summed E-state index contributed by atoms with van der Waals surface area (Å²) in [5, 5.41) is 9.02. The third-order valence-corrected chi connectivity index (χ3v) is 4.67. The van der Waals surface area contributed by atoms with Crippen molar-refractivity contribution in [2.45, 2.75) is 33.6 Å². The van der Waals surface area contributed by atoms with Crippen LogP contribution in [0.15, 0.2) is 0 Å². The van der Waals surface area contributed by atoms with Crippen molar-refractivity contribution in [3.8, 4) is 0 Å². The molecule has 3 fully saturated rings. The van der Waals surface area contributed by atoms with Crippen LogP contribution in [-0.4, -0.2) is 11.1 Å². The van der Waals surface area contributed by atoms with Crippen LogP contribution in [0.2, 0.25) is 0 Å². The number of carboxylic acid groups (broad SMARTS) is 1. The Hall–Kier alpha value is -0.530. The number of rotatable bonds is 1. The maximum absolute atomic E-state index is 10.9. The molecule has 0 unspecified atom stereocenters. The van der Waals surface area contributed by atoms with Crippen LogP contribution in [0.3, 0.4) is 0 Å². The maximum atomic E-state index is 10.9. The van der Waals surface area contributed by atoms with Gasteiger partial charge in [0.05, 0.1) is 5.92 Å². The van der Waals surface area contributed by atoms with Crippen molar-refractivity contribution in [2.24, 2.45) is 29.1 Å². The topological polar surface area (TPSA) is 37.3 Å². The van der Waals surface area contributed by atoms with Gasteiger partial charge in [0.2, 0.25) is 0 Å². The number of carbonyl (C=O) groups is 1. The van der Waals surface area contributed by atoms with E-state index in [1.807, 2.05) is 0 Å². The molecule has 0 saturated heterocycles. The minimum atomic E-state index is -0.585. The number of carboxylic acids is 1. The number of fused-ring (bicyclic) bond motifs is 2. The molecule has 0 heterocycles. The molecule has 0 amide bonds. The monoisotopic (exact) mass is 182 g/mol. The second-order valence-corrected chi connectivity index (χ2v) is 5.40. The summed E-state index contributed by atoms with van der Waals surface area (Å²) in [6.45, 7) is 6.70. The predicted molar refractivity (Wildman–Crippen MR) is 50.3 cm³/mol. The van der Waals surface area contributed by atoms with Crippen LogP contribution in [0.25, 0.3) is 0 Å². The van der Waals surface area contributed by atoms with Gasteiger partial charge in [-0.1, -0.05) is 20.8 Å². The molecule has 3 saturated carbocycles. The molecular weight excluding hydrogens is 164 g/mol. The lowest BCUT2D eigenvalue weighted by atomic mass is 9.43. The smallest absolute Gasteiger partial charge is 0.306 e. The van der Waals surface area contributed by atoms with Gasteiger partial charge in [0, 0.05) is 0 Å². The van der Waals surface area contributed by atoms with E-state index in [9.17, 15) is 4.79 Å². The highest BCUT2D eigenvalue weighted by Gasteiger charge is 2.57. The Kier molecular flexibility index (Phi) is 1.73. The average molecular weight is 182 g/mol. The summed E-state index contributed by atoms with van der Waals surface area (Å²) in [6, 6.07) is 0. The van der Waals surface area contributed by atoms with Crippen LogP contribution in [0.4, 0.5) is 0 Å². The number of hydrogen-bond donors (Lipinski definition) is 1. The number of aliphatic carboxylic acids is 1. The second-order valence-electron chi connectivity index (χ2n) is 5.40. The standard InChI is InChI=1S/C11H18O2/c1-6-8(10(12)13)4-7-5-9(6)11(7,2)3/h6-9H,4-5H2,1-3H3,(H,12,13)/t6-,7+,8+,9-/m0/s1. The van der Waals surface area contributed by atoms with Gasteiger partial charge in [-0.2, -0.15) is 0 Å². The SMILES string of the molecule is C[C@H]1[C@H](C(=O)O)C[C@@H]2C[C@@H]1C2(C)C. The summed E-state index contributed by atoms with van der Waals surface area (Å²) in [5.41, 5.74) is 0.408. The van der Waals surface area contributed by atoms with Gasteiger partial charge in [-0.25, -0.2) is 0 Å². The van der Waals surface area contributed by atoms with Crippen molar-refractivity contribution >= 4 is 5.97 Å². The Morgan fingerprint density at radius 2 is 2.00 bits per heavy atom. The van der Waals surface area contributed by atoms with Crippen LogP contribution in [0.5, 0.6) is 0 Å². The van der Waals surface area contributed by atoms with Crippen LogP contribution in [0, 0.1) is 29.1 Å². The highest BCUT2D eigenvalue weighted by molar-refractivity contribution is 5.70. The Balaban J connectivity index is 2.16. The minimum absolute atomic E-state index is 0.0724. The lowest BCUT2D eigenvalue weighted by Gasteiger charge is -2.61. The largest absolute Gasteiger partial charge is 0.481 e. The summed E-state index contributed by atoms with van der Waals surface area (Å²) < 4.78 is 0. The molecule has 1 N–H and O–H groups in total. The van der Waals surface area contributed by atoms with Gasteiger partial charge in [0.1, 0.15) is 0 Å². The summed E-state index contributed by atoms with van der Waals surface area (Å²) in [7, 11) is 0. The van der Waals surface area contributed by atoms with Gasteiger partial charge in [0.15, 0.2) is 0 Å². The van der Waals surface area contributed by atoms with E-state index in [4.69, 9.17) is 5.11 Å². The first kappa shape index (κ1) is 9.04. The first-order chi connectivity index (χ1) is 5.94. The Bertz CT molecular complexity index is 244. The fourth-order valence-corrected chi connectivity index (χ4v) is 3.48. The Morgan fingerprint density at radius 1 is 1.38 bits per heavy atom. The molecule has 0 aliphatic heterocycles. The molecule has 2 bridgehead atoms. The van der Waals surface area contributed by atoms with Crippen molar-refractivity contribution in [1.29, 1.82) is 0 Å². The fraction of sp³-hybridized carbons (Fsp3) is 0.909. The zero-order valence-corrected chi connectivity index (χ0v) is 8.58. The lowest BCUT2D eigenvalue weighted by molar-refractivity contribution is -0.167. The van der Waals surface area contributed by atoms with Crippen molar-refractivity contribution < 1.29 is 9.90 Å². The first-order valence-corrected chi connectivity index (χ1v) is 5.17. The molecule has 74 valence electrons. The van der Waals surface area contributed by atoms with Crippen LogP contribution in [0.1, 0.15) is 33.6 Å². The third-order valence-electron chi connectivity index (χ3n) is 4.67. The molecule has 0 radical (unpaired) electrons. The van der Waals surface area contributed by atoms with Gasteiger partial charge in [0.25, 0.3) is 0 Å². The van der Waals surface area contributed by atoms with Gasteiger partial charge in [-0.3, -0.25) is 4.79 Å². The van der Waals surface area contributed by atoms with Crippen LogP contribution < -0.4 is 0 Å². The van der Waals surface area contributed by atoms with E-state index in [1.54, 1.807) is 0 Å². The Morgan fingerprint density at radius 3 is 2.38 bits per heavy atom. The van der Waals surface area contributed by atoms with E-state index in [1.165, 1.54) is 6.42 Å². The zero-order chi connectivity index (χ0) is 9.80. The average Bonchev–Trinajstić information content (AvgIpc) is 2.02. The normalized spacial score (nSPS) is 46.7. The highest BCUT2D eigenvalue weighted by atomic mass is 16.4. The van der Waals surface area contributed by atoms with Crippen molar-refractivity contribution in [3.63, 3.8) is 0 Å². The first-order valence-electron chi connectivity index (χ1n) is 5.17. The van der Waals surface area contributed by atoms with Gasteiger partial charge < -0.3 is 5.11 Å². The van der Waals surface area contributed by atoms with Gasteiger partial charge in [-0.05, 0) is 36.0 Å². The molecule has 2 heteroatoms. The van der Waals surface area contributed by atoms with Crippen molar-refractivity contribution in [1.82, 2.24) is 0 Å². The zero-order valence-electron chi connectivity index (χ0n) is 8.58. The molecule has 2 nitrogen and oxygen atoms in total. The molecule has 0 aromatic carbocycles. The van der Waals surface area contributed by atoms with E-state index in [0.717, 1.165) is 6.42 Å². The Labute approximate surface area is 79.3 Å². The molecule has 4 atom stereocenters. The summed E-state index contributed by atoms with van der Waals surface area (Å²) in [4.78, 5) is 10.9. The fourth-order valence-electron chi connectivity index (χ4n) is 3.48. The molecular formula is C11H18O2. The number of hydrogen-bond acceptors (Lipinski definition) is 1. The van der Waals surface area contributed by atoms with Crippen molar-refractivity contribution in [2.75, 3.05) is 0 Å². The lowest BCUT2D eigenvalue weighted by Crippen LogP contribution is -2.56. The predicted octanol–water partition coefficient (Wildman–Crippen LogP) is 2.39. The molecule has 13 heavy (non-hydrogen) atoms. The molecule has 0 spiro atoms. The summed E-state index contributed by atoms with van der Waals surface area (Å²) >= 11 is 0. The third kappa shape index (κ3) is 1.04. The van der Waals surface area contributed by atoms with Crippen LogP contribution >= 0.6 is 0 Å². The van der Waals surface area contributed by atoms with E-state index in [2.05, 4.69) is 20.8 Å². The molecule has 3 aliphatic rings. The molecule has 0 aromatic heterocycles. The molecule has 3 rings (SSSR count). The summed E-state index contributed by atoms with van der Waals surface area (Å²) in [5.74, 6) is 1.02.